The number of aryl methyl sites for hydroxylation is 1. The molecule has 0 bridgehead atoms. The second-order valence-electron chi connectivity index (χ2n) is 10.2. The van der Waals surface area contributed by atoms with Gasteiger partial charge in [0.25, 0.3) is 5.91 Å². The highest BCUT2D eigenvalue weighted by Crippen LogP contribution is 2.36. The first-order valence-corrected chi connectivity index (χ1v) is 13.6. The molecule has 0 spiro atoms. The maximum absolute atomic E-state index is 13.1. The number of hydrogen-bond donors (Lipinski definition) is 2. The monoisotopic (exact) mass is 552 g/mol. The minimum Gasteiger partial charge on any atom is -0.383 e. The lowest BCUT2D eigenvalue weighted by molar-refractivity contribution is 0.0936. The van der Waals surface area contributed by atoms with E-state index in [2.05, 4.69) is 32.5 Å². The molecule has 1 atom stereocenters. The van der Waals surface area contributed by atoms with Gasteiger partial charge in [0.1, 0.15) is 17.0 Å². The maximum Gasteiger partial charge on any atom is 0.254 e. The van der Waals surface area contributed by atoms with Gasteiger partial charge in [-0.15, -0.1) is 0 Å². The first-order chi connectivity index (χ1) is 20.6. The number of hydrogen-bond acceptors (Lipinski definition) is 7. The van der Waals surface area contributed by atoms with E-state index in [-0.39, 0.29) is 11.9 Å². The lowest BCUT2D eigenvalue weighted by Gasteiger charge is -2.16. The number of imidazole rings is 1. The van der Waals surface area contributed by atoms with Crippen LogP contribution in [0.15, 0.2) is 97.8 Å². The van der Waals surface area contributed by atoms with Gasteiger partial charge in [-0.2, -0.15) is 5.10 Å². The van der Waals surface area contributed by atoms with Crippen molar-refractivity contribution in [1.82, 2.24) is 44.0 Å². The van der Waals surface area contributed by atoms with Crippen LogP contribution < -0.4 is 11.1 Å². The first-order valence-electron chi connectivity index (χ1n) is 13.6. The van der Waals surface area contributed by atoms with Crippen LogP contribution in [0.3, 0.4) is 0 Å². The first kappa shape index (κ1) is 24.0. The van der Waals surface area contributed by atoms with Crippen molar-refractivity contribution in [2.75, 3.05) is 5.73 Å². The molecule has 11 heteroatoms. The molecule has 0 fully saturated rings. The third-order valence-electron chi connectivity index (χ3n) is 7.71. The van der Waals surface area contributed by atoms with Gasteiger partial charge in [-0.1, -0.05) is 6.07 Å². The molecule has 8 rings (SSSR count). The van der Waals surface area contributed by atoms with E-state index in [4.69, 9.17) is 15.7 Å². The van der Waals surface area contributed by atoms with Crippen LogP contribution in [0.5, 0.6) is 0 Å². The molecule has 42 heavy (non-hydrogen) atoms. The number of nitrogen functional groups attached to an aromatic ring is 1. The summed E-state index contributed by atoms with van der Waals surface area (Å²) in [5, 5.41) is 7.54. The Morgan fingerprint density at radius 3 is 2.81 bits per heavy atom. The number of pyridine rings is 2. The molecule has 0 saturated carbocycles. The number of amides is 1. The number of anilines is 1. The summed E-state index contributed by atoms with van der Waals surface area (Å²) in [7, 11) is 0. The van der Waals surface area contributed by atoms with E-state index in [1.54, 1.807) is 29.5 Å². The predicted octanol–water partition coefficient (Wildman–Crippen LogP) is 4.32. The van der Waals surface area contributed by atoms with Crippen LogP contribution in [0.25, 0.3) is 39.7 Å². The standard InChI is InChI=1S/C31H24N10O/c32-28-23(4-1-12-33-28)29-36-25-10-11-27(40-15-3-13-35-40)38-30(25)41(29)21-7-8-22-19(16-21)6-9-24(22)37-31(42)20-17-34-26-5-2-14-39(26)18-20/h1-5,7-8,10-18,24H,6,9H2,(H2,32,33)(H,37,42)/t24-/m0/s1. The number of carbonyl (C=O) groups excluding carboxylic acids is 1. The Labute approximate surface area is 239 Å². The van der Waals surface area contributed by atoms with Gasteiger partial charge in [-0.3, -0.25) is 9.36 Å². The Kier molecular flexibility index (Phi) is 5.36. The predicted molar refractivity (Wildman–Crippen MR) is 157 cm³/mol. The molecule has 0 aliphatic heterocycles. The van der Waals surface area contributed by atoms with Gasteiger partial charge in [0, 0.05) is 42.9 Å². The van der Waals surface area contributed by atoms with E-state index in [0.717, 1.165) is 46.4 Å². The fourth-order valence-electron chi connectivity index (χ4n) is 5.68. The Morgan fingerprint density at radius 2 is 1.93 bits per heavy atom. The smallest absolute Gasteiger partial charge is 0.254 e. The lowest BCUT2D eigenvalue weighted by atomic mass is 10.1. The van der Waals surface area contributed by atoms with Gasteiger partial charge in [-0.05, 0) is 78.6 Å². The van der Waals surface area contributed by atoms with Crippen LogP contribution in [-0.4, -0.2) is 44.6 Å². The van der Waals surface area contributed by atoms with E-state index < -0.39 is 0 Å². The molecule has 1 aliphatic carbocycles. The molecule has 0 saturated heterocycles. The zero-order valence-corrected chi connectivity index (χ0v) is 22.3. The summed E-state index contributed by atoms with van der Waals surface area (Å²) in [6, 6.07) is 19.4. The zero-order valence-electron chi connectivity index (χ0n) is 22.3. The van der Waals surface area contributed by atoms with E-state index in [9.17, 15) is 4.79 Å². The van der Waals surface area contributed by atoms with Gasteiger partial charge in [0.05, 0.1) is 17.2 Å². The minimum absolute atomic E-state index is 0.0978. The molecule has 0 radical (unpaired) electrons. The van der Waals surface area contributed by atoms with Crippen LogP contribution in [-0.2, 0) is 6.42 Å². The lowest BCUT2D eigenvalue weighted by Crippen LogP contribution is -2.27. The molecular formula is C31H24N10O. The van der Waals surface area contributed by atoms with Crippen molar-refractivity contribution in [1.29, 1.82) is 0 Å². The van der Waals surface area contributed by atoms with Crippen molar-refractivity contribution < 1.29 is 4.79 Å². The van der Waals surface area contributed by atoms with Gasteiger partial charge in [-0.25, -0.2) is 24.6 Å². The number of carbonyl (C=O) groups is 1. The molecule has 11 nitrogen and oxygen atoms in total. The van der Waals surface area contributed by atoms with Crippen LogP contribution >= 0.6 is 0 Å². The Morgan fingerprint density at radius 1 is 0.976 bits per heavy atom. The van der Waals surface area contributed by atoms with Gasteiger partial charge < -0.3 is 15.5 Å². The van der Waals surface area contributed by atoms with Gasteiger partial charge >= 0.3 is 0 Å². The minimum atomic E-state index is -0.148. The number of nitrogens with one attached hydrogen (secondary N) is 1. The number of aromatic nitrogens is 8. The van der Waals surface area contributed by atoms with E-state index in [1.807, 2.05) is 69.9 Å². The summed E-state index contributed by atoms with van der Waals surface area (Å²) in [6.07, 6.45) is 12.2. The molecule has 3 N–H and O–H groups in total. The number of nitrogens with zero attached hydrogens (tertiary/aromatic N) is 8. The highest BCUT2D eigenvalue weighted by atomic mass is 16.1. The fraction of sp³-hybridized carbons (Fsp3) is 0.0968. The number of rotatable bonds is 5. The summed E-state index contributed by atoms with van der Waals surface area (Å²) in [5.74, 6) is 1.57. The van der Waals surface area contributed by atoms with Crippen molar-refractivity contribution in [3.8, 4) is 22.9 Å². The van der Waals surface area contributed by atoms with Crippen LogP contribution in [0.1, 0.15) is 33.9 Å². The summed E-state index contributed by atoms with van der Waals surface area (Å²) in [6.45, 7) is 0. The van der Waals surface area contributed by atoms with E-state index in [1.165, 1.54) is 0 Å². The molecule has 6 heterocycles. The second kappa shape index (κ2) is 9.37. The number of benzene rings is 1. The highest BCUT2D eigenvalue weighted by Gasteiger charge is 2.26. The van der Waals surface area contributed by atoms with Crippen molar-refractivity contribution in [3.63, 3.8) is 0 Å². The van der Waals surface area contributed by atoms with Crippen molar-refractivity contribution >= 4 is 28.5 Å². The van der Waals surface area contributed by atoms with Gasteiger partial charge in [0.15, 0.2) is 17.3 Å². The van der Waals surface area contributed by atoms with Crippen molar-refractivity contribution in [3.05, 3.63) is 115 Å². The van der Waals surface area contributed by atoms with Crippen LogP contribution in [0, 0.1) is 0 Å². The third kappa shape index (κ3) is 3.90. The normalized spacial score (nSPS) is 14.4. The molecule has 0 unspecified atom stereocenters. The van der Waals surface area contributed by atoms with Gasteiger partial charge in [0.2, 0.25) is 0 Å². The summed E-state index contributed by atoms with van der Waals surface area (Å²) >= 11 is 0. The third-order valence-corrected chi connectivity index (χ3v) is 7.71. The SMILES string of the molecule is Nc1ncccc1-c1nc2ccc(-n3cccn3)nc2n1-c1ccc2c(c1)CC[C@@H]2NC(=O)c1cnc2cccn2c1. The molecule has 1 amide bonds. The maximum atomic E-state index is 13.1. The summed E-state index contributed by atoms with van der Waals surface area (Å²) in [5.41, 5.74) is 12.9. The highest BCUT2D eigenvalue weighted by molar-refractivity contribution is 5.94. The molecule has 204 valence electrons. The Hall–Kier alpha value is -5.84. The Bertz CT molecular complexity index is 2130. The molecule has 6 aromatic heterocycles. The fourth-order valence-corrected chi connectivity index (χ4v) is 5.68. The number of nitrogens with two attached hydrogens (primary N) is 1. The average Bonchev–Trinajstić information content (AvgIpc) is 3.83. The van der Waals surface area contributed by atoms with E-state index in [0.29, 0.717) is 28.7 Å². The summed E-state index contributed by atoms with van der Waals surface area (Å²) in [4.78, 5) is 31.7. The quantitative estimate of drug-likeness (QED) is 0.325. The van der Waals surface area contributed by atoms with Crippen molar-refractivity contribution in [2.45, 2.75) is 18.9 Å². The van der Waals surface area contributed by atoms with Crippen molar-refractivity contribution in [2.24, 2.45) is 0 Å². The van der Waals surface area contributed by atoms with Crippen LogP contribution in [0.2, 0.25) is 0 Å². The average molecular weight is 553 g/mol. The summed E-state index contributed by atoms with van der Waals surface area (Å²) < 4.78 is 5.58. The molecule has 1 aromatic carbocycles. The second-order valence-corrected chi connectivity index (χ2v) is 10.2. The number of fused-ring (bicyclic) bond motifs is 3. The Balaban J connectivity index is 1.19. The largest absolute Gasteiger partial charge is 0.383 e. The molecule has 1 aliphatic rings. The molecule has 7 aromatic rings. The molecular weight excluding hydrogens is 528 g/mol. The zero-order chi connectivity index (χ0) is 28.2. The van der Waals surface area contributed by atoms with Crippen LogP contribution in [0.4, 0.5) is 5.82 Å². The topological polar surface area (TPSA) is 134 Å². The van der Waals surface area contributed by atoms with E-state index >= 15 is 0 Å².